The zero-order valence-corrected chi connectivity index (χ0v) is 48.7. The van der Waals surface area contributed by atoms with Crippen LogP contribution in [0.4, 0.5) is 30.6 Å². The third-order valence-corrected chi connectivity index (χ3v) is 17.4. The lowest BCUT2D eigenvalue weighted by molar-refractivity contribution is -0.438. The summed E-state index contributed by atoms with van der Waals surface area (Å²) in [5, 5.41) is 5.69. The van der Waals surface area contributed by atoms with Gasteiger partial charge in [-0.3, -0.25) is 14.7 Å². The Kier molecular flexibility index (Phi) is 21.5. The molecule has 3 aliphatic heterocycles. The average Bonchev–Trinajstić information content (AvgIpc) is 4.04. The molecule has 0 aliphatic carbocycles. The number of amides is 2. The number of likely N-dealkylation sites (tertiary alicyclic amines) is 1. The molecule has 19 heteroatoms. The Labute approximate surface area is 476 Å². The van der Waals surface area contributed by atoms with Gasteiger partial charge in [-0.25, -0.2) is 22.0 Å². The second-order valence-corrected chi connectivity index (χ2v) is 25.4. The van der Waals surface area contributed by atoms with Crippen molar-refractivity contribution in [2.45, 2.75) is 139 Å². The van der Waals surface area contributed by atoms with E-state index in [0.717, 1.165) is 106 Å². The number of hydrogen-bond donors (Lipinski definition) is 3. The van der Waals surface area contributed by atoms with Crippen molar-refractivity contribution in [3.05, 3.63) is 143 Å². The van der Waals surface area contributed by atoms with Crippen LogP contribution in [0.3, 0.4) is 0 Å². The summed E-state index contributed by atoms with van der Waals surface area (Å²) >= 11 is 5.95. The van der Waals surface area contributed by atoms with Crippen molar-refractivity contribution in [1.82, 2.24) is 10.2 Å². The van der Waals surface area contributed by atoms with Crippen LogP contribution in [0.1, 0.15) is 129 Å². The third-order valence-electron chi connectivity index (χ3n) is 15.5. The molecule has 1 fully saturated rings. The van der Waals surface area contributed by atoms with E-state index in [4.69, 9.17) is 16.3 Å². The van der Waals surface area contributed by atoms with Gasteiger partial charge in [-0.1, -0.05) is 100 Å². The number of halogens is 3. The van der Waals surface area contributed by atoms with E-state index in [9.17, 15) is 44.3 Å². The maximum atomic E-state index is 14.1. The van der Waals surface area contributed by atoms with Gasteiger partial charge in [0.25, 0.3) is 10.1 Å². The molecule has 2 amide bonds. The Morgan fingerprint density at radius 1 is 0.800 bits per heavy atom. The van der Waals surface area contributed by atoms with E-state index in [2.05, 4.69) is 57.1 Å². The molecule has 0 aromatic heterocycles. The first-order valence-electron chi connectivity index (χ1n) is 27.9. The quantitative estimate of drug-likeness (QED) is 0.0223. The van der Waals surface area contributed by atoms with E-state index in [0.29, 0.717) is 68.6 Å². The third kappa shape index (κ3) is 16.7. The fraction of sp³-hybridized carbons (Fsp3) is 0.459. The summed E-state index contributed by atoms with van der Waals surface area (Å²) in [6.07, 6.45) is 20.5. The minimum atomic E-state index is -4.68. The Morgan fingerprint density at radius 3 is 2.25 bits per heavy atom. The molecule has 0 spiro atoms. The number of para-hydroxylation sites is 1. The standard InChI is InChI=1S/C61H76ClF2N5O9S2/c1-60(2)49-21-14-15-22-54(49)68(37-19-20-40-79(72,73)74)56(60)23-11-9-12-24-57-61(3,4)50-43-47(80(75,76)77)28-31-55(50)69(57)36-18-10-13-25-58(70)65-34-16-7-5-6-8-17-35-67-38-32-46(33-39-67)78-59(71)66-53-30-27-45(63)42-48(53)44-26-29-52(64)51(62)41-44/h9,11-12,14-15,21-24,26-31,41-43,46H,5-8,10,13,16-20,25,32-40H2,1-4H3,(H3-,65,66,70,71,72,73,74,75,76,77). The summed E-state index contributed by atoms with van der Waals surface area (Å²) in [6.45, 7) is 12.8. The minimum absolute atomic E-state index is 0.0375. The van der Waals surface area contributed by atoms with Crippen LogP contribution in [0.15, 0.2) is 120 Å². The first-order chi connectivity index (χ1) is 38.0. The summed E-state index contributed by atoms with van der Waals surface area (Å²) in [5.41, 5.74) is 6.03. The number of allylic oxidation sites excluding steroid dienone is 6. The fourth-order valence-electron chi connectivity index (χ4n) is 11.1. The number of ether oxygens (including phenoxy) is 1. The maximum Gasteiger partial charge on any atom is 0.411 e. The lowest BCUT2D eigenvalue weighted by Crippen LogP contribution is -2.38. The first-order valence-corrected chi connectivity index (χ1v) is 31.3. The highest BCUT2D eigenvalue weighted by Crippen LogP contribution is 2.49. The predicted octanol–water partition coefficient (Wildman–Crippen LogP) is 12.8. The van der Waals surface area contributed by atoms with Crippen LogP contribution in [0.25, 0.3) is 11.1 Å². The van der Waals surface area contributed by atoms with Gasteiger partial charge in [0.05, 0.1) is 26.8 Å². The van der Waals surface area contributed by atoms with E-state index >= 15 is 0 Å². The Balaban J connectivity index is 0.794. The number of carbonyl (C=O) groups excluding carboxylic acids is 2. The van der Waals surface area contributed by atoms with Crippen molar-refractivity contribution < 1.29 is 53.6 Å². The number of fused-ring (bicyclic) bond motifs is 2. The SMILES string of the molecule is CC1(C)C(=CC=CC=CC2=[N+](CCCCS(=O)(=O)O)c3ccccc3C2(C)C)N(CCCCCC(=O)NCCCCCCCCN2CCC(OC(=O)Nc3ccc(F)cc3-c3ccc(F)c(Cl)c3)CC2)c2ccc(S(=O)(=O)[O-])cc21. The van der Waals surface area contributed by atoms with Gasteiger partial charge in [0.2, 0.25) is 11.6 Å². The van der Waals surface area contributed by atoms with Crippen LogP contribution in [0, 0.1) is 11.6 Å². The second-order valence-electron chi connectivity index (χ2n) is 22.0. The Morgan fingerprint density at radius 2 is 1.51 bits per heavy atom. The van der Waals surface area contributed by atoms with Crippen LogP contribution in [-0.2, 0) is 40.6 Å². The lowest BCUT2D eigenvalue weighted by atomic mass is 9.81. The van der Waals surface area contributed by atoms with Gasteiger partial charge in [-0.05, 0) is 131 Å². The predicted molar refractivity (Wildman–Crippen MR) is 312 cm³/mol. The number of hydrogen-bond acceptors (Lipinski definition) is 10. The number of benzene rings is 4. The average molecular weight is 1160 g/mol. The highest BCUT2D eigenvalue weighted by Gasteiger charge is 2.44. The van der Waals surface area contributed by atoms with Crippen molar-refractivity contribution in [3.63, 3.8) is 0 Å². The van der Waals surface area contributed by atoms with Gasteiger partial charge >= 0.3 is 6.09 Å². The fourth-order valence-corrected chi connectivity index (χ4v) is 12.4. The van der Waals surface area contributed by atoms with Crippen molar-refractivity contribution in [3.8, 4) is 11.1 Å². The molecule has 0 radical (unpaired) electrons. The van der Waals surface area contributed by atoms with Crippen LogP contribution in [0.5, 0.6) is 0 Å². The normalized spacial score (nSPS) is 17.0. The molecule has 432 valence electrons. The van der Waals surface area contributed by atoms with Crippen LogP contribution in [-0.4, -0.2) is 104 Å². The monoisotopic (exact) mass is 1160 g/mol. The van der Waals surface area contributed by atoms with E-state index in [1.165, 1.54) is 54.1 Å². The molecule has 3 heterocycles. The summed E-state index contributed by atoms with van der Waals surface area (Å²) in [6, 6.07) is 20.7. The van der Waals surface area contributed by atoms with E-state index in [1.54, 1.807) is 6.07 Å². The molecule has 0 unspecified atom stereocenters. The largest absolute Gasteiger partial charge is 0.744 e. The Bertz CT molecular complexity index is 3210. The molecule has 0 saturated carbocycles. The number of piperidine rings is 1. The van der Waals surface area contributed by atoms with Gasteiger partial charge in [0, 0.05) is 79.1 Å². The molecule has 0 atom stereocenters. The zero-order chi connectivity index (χ0) is 57.7. The molecule has 3 N–H and O–H groups in total. The molecule has 4 aromatic carbocycles. The van der Waals surface area contributed by atoms with Gasteiger partial charge in [-0.15, -0.1) is 0 Å². The van der Waals surface area contributed by atoms with E-state index in [-0.39, 0.29) is 33.1 Å². The minimum Gasteiger partial charge on any atom is -0.744 e. The van der Waals surface area contributed by atoms with E-state index in [1.807, 2.05) is 50.3 Å². The molecule has 7 rings (SSSR count). The topological polar surface area (TPSA) is 188 Å². The summed E-state index contributed by atoms with van der Waals surface area (Å²) in [4.78, 5) is 29.9. The second kappa shape index (κ2) is 27.8. The number of carbonyl (C=O) groups is 2. The highest BCUT2D eigenvalue weighted by atomic mass is 35.5. The number of anilines is 2. The number of nitrogens with one attached hydrogen (secondary N) is 2. The van der Waals surface area contributed by atoms with Crippen LogP contribution in [0.2, 0.25) is 5.02 Å². The van der Waals surface area contributed by atoms with Crippen molar-refractivity contribution in [2.75, 3.05) is 55.2 Å². The summed E-state index contributed by atoms with van der Waals surface area (Å²) < 4.78 is 104. The molecule has 0 bridgehead atoms. The van der Waals surface area contributed by atoms with Crippen LogP contribution >= 0.6 is 11.6 Å². The number of nitrogens with zero attached hydrogens (tertiary/aromatic N) is 3. The lowest BCUT2D eigenvalue weighted by Gasteiger charge is -2.31. The summed E-state index contributed by atoms with van der Waals surface area (Å²) in [7, 11) is -8.72. The maximum absolute atomic E-state index is 14.1. The van der Waals surface area contributed by atoms with Crippen molar-refractivity contribution >= 4 is 66.6 Å². The first kappa shape index (κ1) is 61.9. The van der Waals surface area contributed by atoms with Gasteiger partial charge in [0.1, 0.15) is 34.4 Å². The number of rotatable bonds is 27. The van der Waals surface area contributed by atoms with Gasteiger partial charge in [-0.2, -0.15) is 13.0 Å². The highest BCUT2D eigenvalue weighted by molar-refractivity contribution is 7.86. The van der Waals surface area contributed by atoms with E-state index < -0.39 is 43.4 Å². The molecule has 80 heavy (non-hydrogen) atoms. The smallest absolute Gasteiger partial charge is 0.411 e. The summed E-state index contributed by atoms with van der Waals surface area (Å²) in [5.74, 6) is -1.35. The molecular formula is C61H76ClF2N5O9S2. The number of unbranched alkanes of at least 4 members (excludes halogenated alkanes) is 8. The molecular weight excluding hydrogens is 1080 g/mol. The molecule has 1 saturated heterocycles. The van der Waals surface area contributed by atoms with Crippen LogP contribution < -0.4 is 15.5 Å². The van der Waals surface area contributed by atoms with Crippen molar-refractivity contribution in [1.29, 1.82) is 0 Å². The zero-order valence-electron chi connectivity index (χ0n) is 46.3. The Hall–Kier alpha value is -5.76. The van der Waals surface area contributed by atoms with Gasteiger partial charge < -0.3 is 24.4 Å². The van der Waals surface area contributed by atoms with Crippen molar-refractivity contribution in [2.24, 2.45) is 0 Å². The van der Waals surface area contributed by atoms with Gasteiger partial charge in [0.15, 0.2) is 5.71 Å². The molecule has 4 aromatic rings. The molecule has 14 nitrogen and oxygen atoms in total. The molecule has 3 aliphatic rings.